The third-order valence-corrected chi connectivity index (χ3v) is 10.1. The van der Waals surface area contributed by atoms with Crippen LogP contribution in [0.3, 0.4) is 0 Å². The first kappa shape index (κ1) is 20.6. The fourth-order valence-electron chi connectivity index (χ4n) is 8.21. The highest BCUT2D eigenvalue weighted by Crippen LogP contribution is 2.66. The number of benzene rings is 1. The highest BCUT2D eigenvalue weighted by atomic mass is 16.3. The molecule has 4 heteroatoms. The van der Waals surface area contributed by atoms with Crippen LogP contribution in [0.2, 0.25) is 0 Å². The van der Waals surface area contributed by atoms with Crippen molar-refractivity contribution in [3.8, 4) is 11.4 Å². The largest absolute Gasteiger partial charge is 0.390 e. The molecule has 0 bridgehead atoms. The summed E-state index contributed by atoms with van der Waals surface area (Å²) >= 11 is 0. The van der Waals surface area contributed by atoms with E-state index in [1.54, 1.807) is 0 Å². The lowest BCUT2D eigenvalue weighted by molar-refractivity contribution is -0.201. The van der Waals surface area contributed by atoms with Crippen LogP contribution in [0.4, 0.5) is 0 Å². The number of fused-ring (bicyclic) bond motifs is 6. The molecule has 1 aromatic heterocycles. The predicted octanol–water partition coefficient (Wildman–Crippen LogP) is 4.60. The molecule has 3 saturated carbocycles. The molecule has 0 radical (unpaired) electrons. The van der Waals surface area contributed by atoms with Crippen molar-refractivity contribution < 1.29 is 10.2 Å². The number of aliphatic hydroxyl groups excluding tert-OH is 2. The minimum atomic E-state index is -0.708. The molecule has 6 rings (SSSR count). The summed E-state index contributed by atoms with van der Waals surface area (Å²) in [6.07, 6.45) is 6.66. The van der Waals surface area contributed by atoms with Gasteiger partial charge in [0.05, 0.1) is 12.2 Å². The zero-order valence-electron chi connectivity index (χ0n) is 19.2. The topological polar surface area (TPSA) is 66.2 Å². The smallest absolute Gasteiger partial charge is 0.159 e. The van der Waals surface area contributed by atoms with Gasteiger partial charge >= 0.3 is 0 Å². The lowest BCUT2D eigenvalue weighted by Gasteiger charge is -2.62. The van der Waals surface area contributed by atoms with Gasteiger partial charge in [0, 0.05) is 17.5 Å². The Morgan fingerprint density at radius 3 is 2.56 bits per heavy atom. The van der Waals surface area contributed by atoms with Crippen LogP contribution in [0.5, 0.6) is 0 Å². The van der Waals surface area contributed by atoms with E-state index in [-0.39, 0.29) is 22.7 Å². The van der Waals surface area contributed by atoms with E-state index in [1.165, 1.54) is 11.1 Å². The normalized spacial score (nSPS) is 42.6. The number of hydrogen-bond donors (Lipinski definition) is 2. The Labute approximate surface area is 190 Å². The first-order valence-corrected chi connectivity index (χ1v) is 12.3. The molecule has 2 aromatic rings. The van der Waals surface area contributed by atoms with Crippen molar-refractivity contribution in [3.05, 3.63) is 59.9 Å². The average molecular weight is 431 g/mol. The van der Waals surface area contributed by atoms with Gasteiger partial charge in [0.1, 0.15) is 0 Å². The Balaban J connectivity index is 1.38. The molecule has 0 spiro atoms. The minimum absolute atomic E-state index is 0.0266. The predicted molar refractivity (Wildman–Crippen MR) is 125 cm³/mol. The van der Waals surface area contributed by atoms with Crippen LogP contribution >= 0.6 is 0 Å². The van der Waals surface area contributed by atoms with Gasteiger partial charge in [0.25, 0.3) is 0 Å². The Hall–Kier alpha value is -2.04. The molecule has 0 amide bonds. The lowest BCUT2D eigenvalue weighted by atomic mass is 9.43. The molecule has 32 heavy (non-hydrogen) atoms. The van der Waals surface area contributed by atoms with E-state index in [4.69, 9.17) is 9.97 Å². The Bertz CT molecular complexity index is 1070. The van der Waals surface area contributed by atoms with E-state index in [9.17, 15) is 10.2 Å². The minimum Gasteiger partial charge on any atom is -0.390 e. The SMILES string of the molecule is C=C1CCC2C3C(O)[C@H](O)C4Cc5nc(-c6ccccc6)ncc5C[C@]4(C)C3CC[C@]12C. The van der Waals surface area contributed by atoms with E-state index >= 15 is 0 Å². The molecular formula is C28H34N2O2. The van der Waals surface area contributed by atoms with Crippen molar-refractivity contribution >= 4 is 0 Å². The van der Waals surface area contributed by atoms with Gasteiger partial charge in [-0.05, 0) is 78.6 Å². The molecule has 1 aromatic carbocycles. The Morgan fingerprint density at radius 1 is 1.00 bits per heavy atom. The molecule has 1 heterocycles. The number of aliphatic hydroxyl groups is 2. The van der Waals surface area contributed by atoms with Gasteiger partial charge in [0.2, 0.25) is 0 Å². The summed E-state index contributed by atoms with van der Waals surface area (Å²) in [6.45, 7) is 9.11. The third-order valence-electron chi connectivity index (χ3n) is 10.1. The van der Waals surface area contributed by atoms with E-state index < -0.39 is 12.2 Å². The van der Waals surface area contributed by atoms with Gasteiger partial charge in [-0.15, -0.1) is 0 Å². The molecule has 8 atom stereocenters. The fraction of sp³-hybridized carbons (Fsp3) is 0.571. The molecule has 4 nitrogen and oxygen atoms in total. The van der Waals surface area contributed by atoms with Crippen LogP contribution in [-0.2, 0) is 12.8 Å². The van der Waals surface area contributed by atoms with Crippen LogP contribution in [0, 0.1) is 34.5 Å². The maximum Gasteiger partial charge on any atom is 0.159 e. The number of hydrogen-bond acceptors (Lipinski definition) is 4. The summed E-state index contributed by atoms with van der Waals surface area (Å²) in [5.74, 6) is 1.76. The molecule has 0 aliphatic heterocycles. The first-order chi connectivity index (χ1) is 15.3. The number of nitrogens with zero attached hydrogens (tertiary/aromatic N) is 2. The van der Waals surface area contributed by atoms with Gasteiger partial charge in [-0.25, -0.2) is 9.97 Å². The Morgan fingerprint density at radius 2 is 1.78 bits per heavy atom. The van der Waals surface area contributed by atoms with Gasteiger partial charge in [0.15, 0.2) is 5.82 Å². The van der Waals surface area contributed by atoms with Crippen LogP contribution < -0.4 is 0 Å². The van der Waals surface area contributed by atoms with E-state index in [2.05, 4.69) is 20.4 Å². The summed E-state index contributed by atoms with van der Waals surface area (Å²) in [4.78, 5) is 9.64. The summed E-state index contributed by atoms with van der Waals surface area (Å²) < 4.78 is 0. The highest BCUT2D eigenvalue weighted by Gasteiger charge is 2.64. The molecule has 5 unspecified atom stereocenters. The summed E-state index contributed by atoms with van der Waals surface area (Å²) in [5.41, 5.74) is 4.70. The molecule has 4 aliphatic rings. The van der Waals surface area contributed by atoms with E-state index in [0.717, 1.165) is 49.2 Å². The van der Waals surface area contributed by atoms with Crippen LogP contribution in [0.15, 0.2) is 48.7 Å². The second-order valence-corrected chi connectivity index (χ2v) is 11.4. The van der Waals surface area contributed by atoms with E-state index in [1.807, 2.05) is 36.5 Å². The van der Waals surface area contributed by atoms with Gasteiger partial charge in [-0.1, -0.05) is 56.3 Å². The zero-order valence-corrected chi connectivity index (χ0v) is 19.2. The second-order valence-electron chi connectivity index (χ2n) is 11.4. The van der Waals surface area contributed by atoms with Crippen molar-refractivity contribution in [1.29, 1.82) is 0 Å². The summed E-state index contributed by atoms with van der Waals surface area (Å²) in [7, 11) is 0. The van der Waals surface area contributed by atoms with Crippen molar-refractivity contribution in [2.24, 2.45) is 34.5 Å². The first-order valence-electron chi connectivity index (χ1n) is 12.3. The van der Waals surface area contributed by atoms with Crippen LogP contribution in [0.25, 0.3) is 11.4 Å². The standard InChI is InChI=1S/C28H34N2O2/c1-16-9-10-19-23-20(11-12-27(16,19)2)28(3)14-18-15-29-26(17-7-5-4-6-8-17)30-22(18)13-21(28)24(31)25(23)32/h4-8,15,19-21,23-25,31-32H,1,9-14H2,2-3H3/t19?,20?,21?,23?,24-,25?,27-,28-/m1/s1. The summed E-state index contributed by atoms with van der Waals surface area (Å²) in [6, 6.07) is 10.1. The quantitative estimate of drug-likeness (QED) is 0.649. The fourth-order valence-corrected chi connectivity index (χ4v) is 8.21. The lowest BCUT2D eigenvalue weighted by Crippen LogP contribution is -2.64. The Kier molecular flexibility index (Phi) is 4.48. The highest BCUT2D eigenvalue weighted by molar-refractivity contribution is 5.55. The molecular weight excluding hydrogens is 396 g/mol. The summed E-state index contributed by atoms with van der Waals surface area (Å²) in [5, 5.41) is 22.9. The third kappa shape index (κ3) is 2.69. The molecule has 2 N–H and O–H groups in total. The maximum absolute atomic E-state index is 11.4. The maximum atomic E-state index is 11.4. The van der Waals surface area contributed by atoms with Crippen molar-refractivity contribution in [3.63, 3.8) is 0 Å². The van der Waals surface area contributed by atoms with Crippen LogP contribution in [-0.4, -0.2) is 32.4 Å². The van der Waals surface area contributed by atoms with Crippen molar-refractivity contribution in [1.82, 2.24) is 9.97 Å². The molecule has 3 fully saturated rings. The van der Waals surface area contributed by atoms with Crippen molar-refractivity contribution in [2.45, 2.75) is 64.6 Å². The van der Waals surface area contributed by atoms with Gasteiger partial charge in [-0.3, -0.25) is 0 Å². The number of aromatic nitrogens is 2. The number of rotatable bonds is 1. The molecule has 0 saturated heterocycles. The van der Waals surface area contributed by atoms with Crippen molar-refractivity contribution in [2.75, 3.05) is 0 Å². The van der Waals surface area contributed by atoms with E-state index in [0.29, 0.717) is 18.3 Å². The average Bonchev–Trinajstić information content (AvgIpc) is 3.11. The second kappa shape index (κ2) is 6.98. The molecule has 168 valence electrons. The number of allylic oxidation sites excluding steroid dienone is 1. The van der Waals surface area contributed by atoms with Gasteiger partial charge in [-0.2, -0.15) is 0 Å². The molecule has 4 aliphatic carbocycles. The van der Waals surface area contributed by atoms with Crippen LogP contribution in [0.1, 0.15) is 50.8 Å². The van der Waals surface area contributed by atoms with Gasteiger partial charge < -0.3 is 10.2 Å². The monoisotopic (exact) mass is 430 g/mol. The zero-order chi connectivity index (χ0) is 22.3.